The zero-order valence-electron chi connectivity index (χ0n) is 13.1. The van der Waals surface area contributed by atoms with Crippen molar-refractivity contribution in [3.05, 3.63) is 29.8 Å². The van der Waals surface area contributed by atoms with Crippen LogP contribution in [0, 0.1) is 11.6 Å². The minimum Gasteiger partial charge on any atom is -0.489 e. The van der Waals surface area contributed by atoms with E-state index >= 15 is 0 Å². The highest BCUT2D eigenvalue weighted by atomic mass is 19.2. The van der Waals surface area contributed by atoms with Gasteiger partial charge in [-0.25, -0.2) is 9.18 Å². The van der Waals surface area contributed by atoms with E-state index in [2.05, 4.69) is 0 Å². The van der Waals surface area contributed by atoms with Crippen molar-refractivity contribution in [1.82, 2.24) is 4.90 Å². The summed E-state index contributed by atoms with van der Waals surface area (Å²) in [6, 6.07) is 3.45. The van der Waals surface area contributed by atoms with Crippen LogP contribution in [0.3, 0.4) is 0 Å². The Hall–Kier alpha value is -2.38. The molecule has 1 rings (SSSR count). The van der Waals surface area contributed by atoms with Crippen LogP contribution in [0.5, 0.6) is 5.75 Å². The summed E-state index contributed by atoms with van der Waals surface area (Å²) in [5.74, 6) is -3.75. The third kappa shape index (κ3) is 6.50. The zero-order chi connectivity index (χ0) is 17.6. The fraction of sp³-hybridized carbons (Fsp3) is 0.467. The van der Waals surface area contributed by atoms with E-state index < -0.39 is 35.8 Å². The van der Waals surface area contributed by atoms with Gasteiger partial charge in [-0.2, -0.15) is 4.39 Å². The Morgan fingerprint density at radius 1 is 1.26 bits per heavy atom. The van der Waals surface area contributed by atoms with E-state index in [1.807, 2.05) is 0 Å². The number of aliphatic carboxylic acids is 1. The standard InChI is InChI=1S/C15H19F2NO5/c1-15(2,3)23-14(21)18(9-12(19)20)7-8-22-11-6-4-5-10(16)13(11)17/h4-6H,7-9H2,1-3H3,(H,19,20). The molecule has 0 bridgehead atoms. The summed E-state index contributed by atoms with van der Waals surface area (Å²) in [6.45, 7) is 3.96. The molecule has 0 aliphatic rings. The summed E-state index contributed by atoms with van der Waals surface area (Å²) in [5, 5.41) is 8.83. The molecule has 23 heavy (non-hydrogen) atoms. The average Bonchev–Trinajstić information content (AvgIpc) is 2.40. The fourth-order valence-corrected chi connectivity index (χ4v) is 1.59. The molecule has 1 aromatic carbocycles. The van der Waals surface area contributed by atoms with Crippen molar-refractivity contribution in [2.75, 3.05) is 19.7 Å². The maximum atomic E-state index is 13.4. The molecule has 1 N–H and O–H groups in total. The Morgan fingerprint density at radius 3 is 2.48 bits per heavy atom. The number of carbonyl (C=O) groups excluding carboxylic acids is 1. The molecule has 128 valence electrons. The van der Waals surface area contributed by atoms with Gasteiger partial charge in [0.15, 0.2) is 11.6 Å². The highest BCUT2D eigenvalue weighted by Crippen LogP contribution is 2.19. The predicted molar refractivity (Wildman–Crippen MR) is 77.3 cm³/mol. The Morgan fingerprint density at radius 2 is 1.91 bits per heavy atom. The van der Waals surface area contributed by atoms with Crippen LogP contribution in [0.25, 0.3) is 0 Å². The molecule has 0 fully saturated rings. The van der Waals surface area contributed by atoms with E-state index in [0.717, 1.165) is 11.0 Å². The van der Waals surface area contributed by atoms with Crippen LogP contribution in [0.4, 0.5) is 13.6 Å². The monoisotopic (exact) mass is 331 g/mol. The lowest BCUT2D eigenvalue weighted by molar-refractivity contribution is -0.138. The van der Waals surface area contributed by atoms with Gasteiger partial charge in [0.1, 0.15) is 18.8 Å². The highest BCUT2D eigenvalue weighted by molar-refractivity contribution is 5.76. The number of halogens is 2. The zero-order valence-corrected chi connectivity index (χ0v) is 13.1. The summed E-state index contributed by atoms with van der Waals surface area (Å²) in [4.78, 5) is 23.6. The van der Waals surface area contributed by atoms with E-state index in [9.17, 15) is 18.4 Å². The molecule has 0 radical (unpaired) electrons. The first kappa shape index (κ1) is 18.7. The van der Waals surface area contributed by atoms with Crippen molar-refractivity contribution in [3.63, 3.8) is 0 Å². The number of carbonyl (C=O) groups is 2. The van der Waals surface area contributed by atoms with Crippen molar-refractivity contribution < 1.29 is 33.0 Å². The summed E-state index contributed by atoms with van der Waals surface area (Å²) in [6.07, 6.45) is -0.830. The Kier molecular flexibility index (Phi) is 6.29. The van der Waals surface area contributed by atoms with Crippen LogP contribution in [0.1, 0.15) is 20.8 Å². The average molecular weight is 331 g/mol. The van der Waals surface area contributed by atoms with Gasteiger partial charge in [0, 0.05) is 0 Å². The molecule has 8 heteroatoms. The van der Waals surface area contributed by atoms with Crippen molar-refractivity contribution in [2.24, 2.45) is 0 Å². The number of rotatable bonds is 6. The third-order valence-electron chi connectivity index (χ3n) is 2.51. The van der Waals surface area contributed by atoms with Crippen molar-refractivity contribution in [3.8, 4) is 5.75 Å². The lowest BCUT2D eigenvalue weighted by Gasteiger charge is -2.26. The smallest absolute Gasteiger partial charge is 0.410 e. The van der Waals surface area contributed by atoms with Gasteiger partial charge in [0.05, 0.1) is 6.54 Å². The van der Waals surface area contributed by atoms with Gasteiger partial charge in [-0.15, -0.1) is 0 Å². The molecule has 0 spiro atoms. The van der Waals surface area contributed by atoms with Crippen LogP contribution in [0.2, 0.25) is 0 Å². The molecule has 0 heterocycles. The topological polar surface area (TPSA) is 76.1 Å². The molecule has 6 nitrogen and oxygen atoms in total. The molecule has 0 unspecified atom stereocenters. The summed E-state index contributed by atoms with van der Waals surface area (Å²) in [5.41, 5.74) is -0.788. The number of carboxylic acid groups (broad SMARTS) is 1. The first-order valence-electron chi connectivity index (χ1n) is 6.86. The van der Waals surface area contributed by atoms with Crippen LogP contribution in [0.15, 0.2) is 18.2 Å². The minimum absolute atomic E-state index is 0.156. The van der Waals surface area contributed by atoms with Crippen molar-refractivity contribution >= 4 is 12.1 Å². The number of amides is 1. The lowest BCUT2D eigenvalue weighted by atomic mass is 10.2. The molecule has 0 saturated heterocycles. The molecule has 0 saturated carbocycles. The normalized spacial score (nSPS) is 11.0. The van der Waals surface area contributed by atoms with Gasteiger partial charge < -0.3 is 14.6 Å². The van der Waals surface area contributed by atoms with Crippen LogP contribution >= 0.6 is 0 Å². The second-order valence-electron chi connectivity index (χ2n) is 5.70. The molecular formula is C15H19F2NO5. The SMILES string of the molecule is CC(C)(C)OC(=O)N(CCOc1cccc(F)c1F)CC(=O)O. The quantitative estimate of drug-likeness (QED) is 0.867. The second-order valence-corrected chi connectivity index (χ2v) is 5.70. The van der Waals surface area contributed by atoms with Gasteiger partial charge in [-0.3, -0.25) is 9.69 Å². The maximum absolute atomic E-state index is 13.4. The first-order chi connectivity index (χ1) is 10.6. The number of carboxylic acids is 1. The highest BCUT2D eigenvalue weighted by Gasteiger charge is 2.24. The van der Waals surface area contributed by atoms with E-state index in [4.69, 9.17) is 14.6 Å². The van der Waals surface area contributed by atoms with Gasteiger partial charge >= 0.3 is 12.1 Å². The van der Waals surface area contributed by atoms with Crippen LogP contribution < -0.4 is 4.74 Å². The van der Waals surface area contributed by atoms with Crippen molar-refractivity contribution in [1.29, 1.82) is 0 Å². The number of nitrogens with zero attached hydrogens (tertiary/aromatic N) is 1. The van der Waals surface area contributed by atoms with Gasteiger partial charge in [0.2, 0.25) is 5.82 Å². The Balaban J connectivity index is 2.65. The first-order valence-corrected chi connectivity index (χ1v) is 6.86. The lowest BCUT2D eigenvalue weighted by Crippen LogP contribution is -2.41. The predicted octanol–water partition coefficient (Wildman–Crippen LogP) is 2.67. The van der Waals surface area contributed by atoms with E-state index in [1.165, 1.54) is 12.1 Å². The Bertz CT molecular complexity index is 571. The third-order valence-corrected chi connectivity index (χ3v) is 2.51. The second kappa shape index (κ2) is 7.75. The minimum atomic E-state index is -1.23. The molecule has 0 aromatic heterocycles. The van der Waals surface area contributed by atoms with Gasteiger partial charge in [-0.05, 0) is 32.9 Å². The number of hydrogen-bond donors (Lipinski definition) is 1. The number of benzene rings is 1. The number of hydrogen-bond acceptors (Lipinski definition) is 4. The van der Waals surface area contributed by atoms with Crippen LogP contribution in [-0.4, -0.2) is 47.4 Å². The molecule has 1 amide bonds. The van der Waals surface area contributed by atoms with E-state index in [0.29, 0.717) is 0 Å². The maximum Gasteiger partial charge on any atom is 0.410 e. The van der Waals surface area contributed by atoms with E-state index in [-0.39, 0.29) is 18.9 Å². The van der Waals surface area contributed by atoms with Crippen LogP contribution in [-0.2, 0) is 9.53 Å². The molecule has 0 atom stereocenters. The molecule has 1 aromatic rings. The largest absolute Gasteiger partial charge is 0.489 e. The van der Waals surface area contributed by atoms with E-state index in [1.54, 1.807) is 20.8 Å². The number of ether oxygens (including phenoxy) is 2. The van der Waals surface area contributed by atoms with Gasteiger partial charge in [0.25, 0.3) is 0 Å². The molecule has 0 aliphatic heterocycles. The Labute approximate surface area is 132 Å². The summed E-state index contributed by atoms with van der Waals surface area (Å²) >= 11 is 0. The van der Waals surface area contributed by atoms with Crippen molar-refractivity contribution in [2.45, 2.75) is 26.4 Å². The van der Waals surface area contributed by atoms with Gasteiger partial charge in [-0.1, -0.05) is 6.07 Å². The molecule has 0 aliphatic carbocycles. The fourth-order valence-electron chi connectivity index (χ4n) is 1.59. The summed E-state index contributed by atoms with van der Waals surface area (Å²) < 4.78 is 36.6. The summed E-state index contributed by atoms with van der Waals surface area (Å²) in [7, 11) is 0. The molecular weight excluding hydrogens is 312 g/mol.